The zero-order chi connectivity index (χ0) is 19.5. The summed E-state index contributed by atoms with van der Waals surface area (Å²) in [6.45, 7) is 8.95. The molecule has 0 saturated carbocycles. The summed E-state index contributed by atoms with van der Waals surface area (Å²) >= 11 is 6.15. The van der Waals surface area contributed by atoms with E-state index in [1.165, 1.54) is 18.2 Å². The number of rotatable bonds is 3. The van der Waals surface area contributed by atoms with Crippen molar-refractivity contribution in [3.05, 3.63) is 58.6 Å². The predicted molar refractivity (Wildman–Crippen MR) is 107 cm³/mol. The largest absolute Gasteiger partial charge is 0.508 e. The lowest BCUT2D eigenvalue weighted by molar-refractivity contribution is 0.104. The first kappa shape index (κ1) is 21.6. The average Bonchev–Trinajstić information content (AvgIpc) is 2.70. The topological polar surface area (TPSA) is 55.8 Å². The summed E-state index contributed by atoms with van der Waals surface area (Å²) in [5, 5.41) is 9.67. The van der Waals surface area contributed by atoms with E-state index in [-0.39, 0.29) is 11.5 Å². The molecule has 2 aromatic rings. The zero-order valence-electron chi connectivity index (χ0n) is 15.6. The summed E-state index contributed by atoms with van der Waals surface area (Å²) in [6, 6.07) is 9.58. The van der Waals surface area contributed by atoms with Gasteiger partial charge < -0.3 is 14.6 Å². The van der Waals surface area contributed by atoms with Crippen molar-refractivity contribution >= 4 is 23.5 Å². The minimum atomic E-state index is -0.161. The summed E-state index contributed by atoms with van der Waals surface area (Å²) in [4.78, 5) is 12.0. The number of phenolic OH excluding ortho intramolecular Hbond substituents is 1. The molecule has 2 aromatic carbocycles. The van der Waals surface area contributed by atoms with Crippen LogP contribution in [-0.2, 0) is 0 Å². The van der Waals surface area contributed by atoms with Crippen LogP contribution in [0.5, 0.6) is 17.2 Å². The Kier molecular flexibility index (Phi) is 9.31. The molecule has 0 bridgehead atoms. The van der Waals surface area contributed by atoms with Gasteiger partial charge in [-0.2, -0.15) is 0 Å². The van der Waals surface area contributed by atoms with Crippen LogP contribution in [0.15, 0.2) is 42.5 Å². The molecule has 4 nitrogen and oxygen atoms in total. The minimum absolute atomic E-state index is 0.124. The van der Waals surface area contributed by atoms with Gasteiger partial charge in [-0.3, -0.25) is 4.79 Å². The molecule has 1 heterocycles. The second-order valence-corrected chi connectivity index (χ2v) is 5.18. The molecule has 0 radical (unpaired) electrons. The van der Waals surface area contributed by atoms with Crippen LogP contribution in [0.3, 0.4) is 0 Å². The van der Waals surface area contributed by atoms with Crippen LogP contribution in [0, 0.1) is 0 Å². The van der Waals surface area contributed by atoms with E-state index in [2.05, 4.69) is 0 Å². The van der Waals surface area contributed by atoms with E-state index >= 15 is 0 Å². The van der Waals surface area contributed by atoms with E-state index < -0.39 is 0 Å². The van der Waals surface area contributed by atoms with Gasteiger partial charge in [-0.25, -0.2) is 0 Å². The molecule has 26 heavy (non-hydrogen) atoms. The fourth-order valence-electron chi connectivity index (χ4n) is 2.12. The van der Waals surface area contributed by atoms with E-state index in [1.54, 1.807) is 30.3 Å². The number of hydrogen-bond acceptors (Lipinski definition) is 4. The highest BCUT2D eigenvalue weighted by Gasteiger charge is 2.16. The molecule has 3 rings (SSSR count). The minimum Gasteiger partial charge on any atom is -0.508 e. The third-order valence-electron chi connectivity index (χ3n) is 3.20. The quantitative estimate of drug-likeness (QED) is 0.546. The van der Waals surface area contributed by atoms with Crippen molar-refractivity contribution < 1.29 is 19.4 Å². The molecule has 1 aliphatic rings. The molecular formula is C21H25ClO4. The van der Waals surface area contributed by atoms with Gasteiger partial charge in [-0.05, 0) is 48.0 Å². The molecule has 0 atom stereocenters. The van der Waals surface area contributed by atoms with Crippen molar-refractivity contribution in [2.45, 2.75) is 27.7 Å². The first-order chi connectivity index (χ1) is 12.6. The normalized spacial score (nSPS) is 11.7. The van der Waals surface area contributed by atoms with Gasteiger partial charge >= 0.3 is 0 Å². The van der Waals surface area contributed by atoms with E-state index in [4.69, 9.17) is 21.1 Å². The first-order valence-corrected chi connectivity index (χ1v) is 9.12. The molecule has 0 aromatic heterocycles. The summed E-state index contributed by atoms with van der Waals surface area (Å²) in [5.41, 5.74) is 1.25. The molecule has 0 unspecified atom stereocenters. The molecule has 1 aliphatic heterocycles. The van der Waals surface area contributed by atoms with Crippen molar-refractivity contribution in [1.82, 2.24) is 0 Å². The first-order valence-electron chi connectivity index (χ1n) is 8.74. The summed E-state index contributed by atoms with van der Waals surface area (Å²) in [5.74, 6) is 1.08. The lowest BCUT2D eigenvalue weighted by Gasteiger charge is -2.19. The summed E-state index contributed by atoms with van der Waals surface area (Å²) in [6.07, 6.45) is 3.12. The van der Waals surface area contributed by atoms with Crippen molar-refractivity contribution in [3.8, 4) is 17.2 Å². The second kappa shape index (κ2) is 11.2. The average molecular weight is 377 g/mol. The Morgan fingerprint density at radius 2 is 1.65 bits per heavy atom. The number of fused-ring (bicyclic) bond motifs is 1. The van der Waals surface area contributed by atoms with Crippen LogP contribution in [0.25, 0.3) is 6.08 Å². The number of hydrogen-bond donors (Lipinski definition) is 1. The number of halogens is 1. The third kappa shape index (κ3) is 5.81. The van der Waals surface area contributed by atoms with Crippen molar-refractivity contribution in [2.75, 3.05) is 13.2 Å². The fourth-order valence-corrected chi connectivity index (χ4v) is 2.39. The lowest BCUT2D eigenvalue weighted by Crippen LogP contribution is -2.15. The Balaban J connectivity index is 0.000000791. The maximum atomic E-state index is 12.0. The fraction of sp³-hybridized carbons (Fsp3) is 0.286. The molecule has 0 fully saturated rings. The highest BCUT2D eigenvalue weighted by Crippen LogP contribution is 2.38. The maximum Gasteiger partial charge on any atom is 0.185 e. The Morgan fingerprint density at radius 1 is 1.04 bits per heavy atom. The highest BCUT2D eigenvalue weighted by atomic mass is 35.5. The Labute approximate surface area is 160 Å². The van der Waals surface area contributed by atoms with Crippen LogP contribution >= 0.6 is 11.6 Å². The highest BCUT2D eigenvalue weighted by molar-refractivity contribution is 6.32. The SMILES string of the molecule is CC.CC.O=C(/C=C/c1cc(Cl)c2c(c1)OCCO2)c1ccc(O)cc1. The molecule has 0 saturated heterocycles. The Bertz CT molecular complexity index is 736. The number of aromatic hydroxyl groups is 1. The van der Waals surface area contributed by atoms with Crippen LogP contribution in [0.4, 0.5) is 0 Å². The Hall–Kier alpha value is -2.46. The van der Waals surface area contributed by atoms with E-state index in [0.29, 0.717) is 35.3 Å². The molecular weight excluding hydrogens is 352 g/mol. The molecule has 5 heteroatoms. The number of allylic oxidation sites excluding steroid dienone is 1. The van der Waals surface area contributed by atoms with Crippen LogP contribution < -0.4 is 9.47 Å². The molecule has 0 aliphatic carbocycles. The molecule has 140 valence electrons. The number of ether oxygens (including phenoxy) is 2. The van der Waals surface area contributed by atoms with E-state index in [1.807, 2.05) is 27.7 Å². The van der Waals surface area contributed by atoms with E-state index in [9.17, 15) is 9.90 Å². The van der Waals surface area contributed by atoms with E-state index in [0.717, 1.165) is 5.56 Å². The third-order valence-corrected chi connectivity index (χ3v) is 3.48. The lowest BCUT2D eigenvalue weighted by atomic mass is 10.1. The van der Waals surface area contributed by atoms with Crippen LogP contribution in [0.1, 0.15) is 43.6 Å². The van der Waals surface area contributed by atoms with Gasteiger partial charge in [0, 0.05) is 5.56 Å². The maximum absolute atomic E-state index is 12.0. The summed E-state index contributed by atoms with van der Waals surface area (Å²) < 4.78 is 10.9. The molecule has 0 spiro atoms. The van der Waals surface area contributed by atoms with Crippen molar-refractivity contribution in [3.63, 3.8) is 0 Å². The van der Waals surface area contributed by atoms with Crippen molar-refractivity contribution in [1.29, 1.82) is 0 Å². The Morgan fingerprint density at radius 3 is 2.31 bits per heavy atom. The smallest absolute Gasteiger partial charge is 0.185 e. The number of phenols is 1. The van der Waals surface area contributed by atoms with Gasteiger partial charge in [0.2, 0.25) is 0 Å². The van der Waals surface area contributed by atoms with Gasteiger partial charge in [-0.1, -0.05) is 45.4 Å². The van der Waals surface area contributed by atoms with Gasteiger partial charge in [0.15, 0.2) is 17.3 Å². The second-order valence-electron chi connectivity index (χ2n) is 4.77. The molecule has 0 amide bonds. The number of benzene rings is 2. The van der Waals surface area contributed by atoms with Crippen LogP contribution in [0.2, 0.25) is 5.02 Å². The predicted octanol–water partition coefficient (Wildman–Crippen LogP) is 5.77. The van der Waals surface area contributed by atoms with Gasteiger partial charge in [0.1, 0.15) is 19.0 Å². The number of ketones is 1. The van der Waals surface area contributed by atoms with Crippen molar-refractivity contribution in [2.24, 2.45) is 0 Å². The van der Waals surface area contributed by atoms with Gasteiger partial charge in [-0.15, -0.1) is 0 Å². The number of carbonyl (C=O) groups excluding carboxylic acids is 1. The monoisotopic (exact) mass is 376 g/mol. The molecule has 1 N–H and O–H groups in total. The van der Waals surface area contributed by atoms with Crippen LogP contribution in [-0.4, -0.2) is 24.1 Å². The van der Waals surface area contributed by atoms with Gasteiger partial charge in [0.05, 0.1) is 5.02 Å². The zero-order valence-corrected chi connectivity index (χ0v) is 16.3. The summed E-state index contributed by atoms with van der Waals surface area (Å²) in [7, 11) is 0. The number of carbonyl (C=O) groups is 1. The standard InChI is InChI=1S/C17H13ClO4.2C2H6/c18-14-9-11(10-16-17(14)22-8-7-21-16)1-6-15(20)12-2-4-13(19)5-3-12;2*1-2/h1-6,9-10,19H,7-8H2;2*1-2H3/b6-1+;;. The van der Waals surface area contributed by atoms with Gasteiger partial charge in [0.25, 0.3) is 0 Å².